The molecule has 0 fully saturated rings. The summed E-state index contributed by atoms with van der Waals surface area (Å²) in [5.74, 6) is 0.797. The van der Waals surface area contributed by atoms with Crippen LogP contribution >= 0.6 is 11.8 Å². The van der Waals surface area contributed by atoms with Gasteiger partial charge in [0.2, 0.25) is 5.91 Å². The van der Waals surface area contributed by atoms with E-state index >= 15 is 0 Å². The van der Waals surface area contributed by atoms with Crippen LogP contribution in [0.1, 0.15) is 12.5 Å². The van der Waals surface area contributed by atoms with Crippen molar-refractivity contribution in [2.75, 3.05) is 5.32 Å². The largest absolute Gasteiger partial charge is 0.326 e. The minimum Gasteiger partial charge on any atom is -0.326 e. The first-order valence-corrected chi connectivity index (χ1v) is 8.29. The van der Waals surface area contributed by atoms with Gasteiger partial charge < -0.3 is 5.32 Å². The zero-order valence-corrected chi connectivity index (χ0v) is 13.6. The summed E-state index contributed by atoms with van der Waals surface area (Å²) in [5, 5.41) is 7.17. The molecule has 116 valence electrons. The maximum atomic E-state index is 11.0. The number of para-hydroxylation sites is 1. The zero-order chi connectivity index (χ0) is 16.1. The van der Waals surface area contributed by atoms with Gasteiger partial charge in [-0.1, -0.05) is 18.2 Å². The number of carbonyl (C=O) groups excluding carboxylic acids is 1. The van der Waals surface area contributed by atoms with Crippen molar-refractivity contribution >= 4 is 23.4 Å². The van der Waals surface area contributed by atoms with Crippen LogP contribution in [0.3, 0.4) is 0 Å². The lowest BCUT2D eigenvalue weighted by Crippen LogP contribution is -2.05. The fraction of sp³-hybridized carbons (Fsp3) is 0.111. The molecule has 0 unspecified atom stereocenters. The maximum Gasteiger partial charge on any atom is 0.221 e. The molecule has 1 amide bonds. The van der Waals surface area contributed by atoms with E-state index < -0.39 is 0 Å². The second kappa shape index (κ2) is 7.15. The normalized spacial score (nSPS) is 10.5. The molecule has 1 heterocycles. The summed E-state index contributed by atoms with van der Waals surface area (Å²) in [6.45, 7) is 1.51. The van der Waals surface area contributed by atoms with Gasteiger partial charge in [-0.3, -0.25) is 4.79 Å². The molecule has 0 atom stereocenters. The van der Waals surface area contributed by atoms with Gasteiger partial charge in [-0.05, 0) is 36.4 Å². The fourth-order valence-corrected chi connectivity index (χ4v) is 2.97. The van der Waals surface area contributed by atoms with Crippen LogP contribution in [0.15, 0.2) is 71.9 Å². The van der Waals surface area contributed by atoms with E-state index in [0.717, 1.165) is 22.0 Å². The first-order valence-electron chi connectivity index (χ1n) is 7.30. The molecule has 3 rings (SSSR count). The molecule has 0 aliphatic carbocycles. The molecular weight excluding hydrogens is 306 g/mol. The monoisotopic (exact) mass is 323 g/mol. The van der Waals surface area contributed by atoms with Gasteiger partial charge in [-0.15, -0.1) is 11.8 Å². The number of aromatic nitrogens is 2. The minimum absolute atomic E-state index is 0.0567. The average molecular weight is 323 g/mol. The highest BCUT2D eigenvalue weighted by Crippen LogP contribution is 2.24. The lowest BCUT2D eigenvalue weighted by Gasteiger charge is -2.04. The van der Waals surface area contributed by atoms with Crippen molar-refractivity contribution in [3.63, 3.8) is 0 Å². The topological polar surface area (TPSA) is 46.9 Å². The SMILES string of the molecule is CC(=O)Nc1ccc(SCc2cnn(-c3ccccc3)c2)cc1. The van der Waals surface area contributed by atoms with Crippen LogP contribution in [0.4, 0.5) is 5.69 Å². The quantitative estimate of drug-likeness (QED) is 0.718. The molecule has 1 aromatic heterocycles. The van der Waals surface area contributed by atoms with Crippen molar-refractivity contribution in [2.45, 2.75) is 17.6 Å². The van der Waals surface area contributed by atoms with E-state index in [9.17, 15) is 4.79 Å². The van der Waals surface area contributed by atoms with Crippen molar-refractivity contribution in [3.8, 4) is 5.69 Å². The Bertz CT molecular complexity index is 782. The van der Waals surface area contributed by atoms with Gasteiger partial charge in [0.25, 0.3) is 0 Å². The minimum atomic E-state index is -0.0567. The third-order valence-corrected chi connectivity index (χ3v) is 4.32. The fourth-order valence-electron chi connectivity index (χ4n) is 2.16. The number of amides is 1. The number of carbonyl (C=O) groups is 1. The Balaban J connectivity index is 1.60. The van der Waals surface area contributed by atoms with E-state index in [1.54, 1.807) is 11.8 Å². The van der Waals surface area contributed by atoms with Crippen LogP contribution in [-0.4, -0.2) is 15.7 Å². The van der Waals surface area contributed by atoms with Gasteiger partial charge in [-0.2, -0.15) is 5.10 Å². The summed E-state index contributed by atoms with van der Waals surface area (Å²) in [6, 6.07) is 17.9. The molecule has 0 aliphatic rings. The van der Waals surface area contributed by atoms with E-state index in [-0.39, 0.29) is 5.91 Å². The Morgan fingerprint density at radius 2 is 1.87 bits per heavy atom. The number of benzene rings is 2. The standard InChI is InChI=1S/C18H17N3OS/c1-14(22)20-16-7-9-18(10-8-16)23-13-15-11-19-21(12-15)17-5-3-2-4-6-17/h2-12H,13H2,1H3,(H,20,22). The summed E-state index contributed by atoms with van der Waals surface area (Å²) in [7, 11) is 0. The molecule has 0 aliphatic heterocycles. The highest BCUT2D eigenvalue weighted by Gasteiger charge is 2.02. The summed E-state index contributed by atoms with van der Waals surface area (Å²) < 4.78 is 1.88. The van der Waals surface area contributed by atoms with E-state index in [1.807, 2.05) is 71.7 Å². The third-order valence-electron chi connectivity index (χ3n) is 3.24. The lowest BCUT2D eigenvalue weighted by atomic mass is 10.3. The first-order chi connectivity index (χ1) is 11.2. The van der Waals surface area contributed by atoms with Crippen LogP contribution in [0.5, 0.6) is 0 Å². The number of nitrogens with one attached hydrogen (secondary N) is 1. The molecule has 0 saturated carbocycles. The maximum absolute atomic E-state index is 11.0. The number of hydrogen-bond acceptors (Lipinski definition) is 3. The summed E-state index contributed by atoms with van der Waals surface area (Å²) in [5.41, 5.74) is 3.05. The highest BCUT2D eigenvalue weighted by molar-refractivity contribution is 7.98. The lowest BCUT2D eigenvalue weighted by molar-refractivity contribution is -0.114. The number of rotatable bonds is 5. The van der Waals surface area contributed by atoms with Gasteiger partial charge in [0.1, 0.15) is 0 Å². The predicted octanol–water partition coefficient (Wildman–Crippen LogP) is 4.12. The summed E-state index contributed by atoms with van der Waals surface area (Å²) in [4.78, 5) is 12.2. The Morgan fingerprint density at radius 1 is 1.13 bits per heavy atom. The molecule has 23 heavy (non-hydrogen) atoms. The molecule has 0 spiro atoms. The van der Waals surface area contributed by atoms with Gasteiger partial charge in [0, 0.05) is 35.0 Å². The molecule has 4 nitrogen and oxygen atoms in total. The van der Waals surface area contributed by atoms with Crippen molar-refractivity contribution in [2.24, 2.45) is 0 Å². The van der Waals surface area contributed by atoms with Crippen LogP contribution in [0.2, 0.25) is 0 Å². The molecule has 0 bridgehead atoms. The van der Waals surface area contributed by atoms with Crippen LogP contribution < -0.4 is 5.32 Å². The predicted molar refractivity (Wildman–Crippen MR) is 93.9 cm³/mol. The summed E-state index contributed by atoms with van der Waals surface area (Å²) in [6.07, 6.45) is 3.94. The molecule has 3 aromatic rings. The van der Waals surface area contributed by atoms with Crippen LogP contribution in [-0.2, 0) is 10.5 Å². The first kappa shape index (κ1) is 15.4. The van der Waals surface area contributed by atoms with Crippen LogP contribution in [0, 0.1) is 0 Å². The number of thioether (sulfide) groups is 1. The van der Waals surface area contributed by atoms with Crippen LogP contribution in [0.25, 0.3) is 5.69 Å². The highest BCUT2D eigenvalue weighted by atomic mass is 32.2. The molecular formula is C18H17N3OS. The van der Waals surface area contributed by atoms with E-state index in [4.69, 9.17) is 0 Å². The van der Waals surface area contributed by atoms with Gasteiger partial charge in [0.05, 0.1) is 11.9 Å². The molecule has 5 heteroatoms. The average Bonchev–Trinajstić information content (AvgIpc) is 3.04. The molecule has 1 N–H and O–H groups in total. The van der Waals surface area contributed by atoms with E-state index in [1.165, 1.54) is 12.5 Å². The number of anilines is 1. The van der Waals surface area contributed by atoms with Gasteiger partial charge in [-0.25, -0.2) is 4.68 Å². The second-order valence-corrected chi connectivity index (χ2v) is 6.17. The van der Waals surface area contributed by atoms with Gasteiger partial charge in [0.15, 0.2) is 0 Å². The van der Waals surface area contributed by atoms with Crippen molar-refractivity contribution in [1.29, 1.82) is 0 Å². The Kier molecular flexibility index (Phi) is 4.78. The molecule has 0 saturated heterocycles. The Morgan fingerprint density at radius 3 is 2.57 bits per heavy atom. The smallest absolute Gasteiger partial charge is 0.221 e. The Hall–Kier alpha value is -2.53. The van der Waals surface area contributed by atoms with Crippen molar-refractivity contribution in [1.82, 2.24) is 9.78 Å². The molecule has 2 aromatic carbocycles. The molecule has 0 radical (unpaired) electrons. The van der Waals surface area contributed by atoms with Gasteiger partial charge >= 0.3 is 0 Å². The zero-order valence-electron chi connectivity index (χ0n) is 12.8. The van der Waals surface area contributed by atoms with E-state index in [2.05, 4.69) is 10.4 Å². The van der Waals surface area contributed by atoms with E-state index in [0.29, 0.717) is 0 Å². The van der Waals surface area contributed by atoms with Crippen molar-refractivity contribution in [3.05, 3.63) is 72.6 Å². The number of hydrogen-bond donors (Lipinski definition) is 1. The Labute approximate surface area is 139 Å². The summed E-state index contributed by atoms with van der Waals surface area (Å²) >= 11 is 1.74. The number of nitrogens with zero attached hydrogens (tertiary/aromatic N) is 2. The van der Waals surface area contributed by atoms with Crippen molar-refractivity contribution < 1.29 is 4.79 Å². The third kappa shape index (κ3) is 4.23. The second-order valence-electron chi connectivity index (χ2n) is 5.12.